The molecular formula is C9H8FNO4. The predicted molar refractivity (Wildman–Crippen MR) is 49.4 cm³/mol. The molecule has 1 aromatic rings. The highest BCUT2D eigenvalue weighted by Crippen LogP contribution is 2.25. The van der Waals surface area contributed by atoms with Gasteiger partial charge in [-0.05, 0) is 12.5 Å². The molecule has 0 saturated heterocycles. The van der Waals surface area contributed by atoms with Crippen molar-refractivity contribution in [3.8, 4) is 0 Å². The number of carboxylic acid groups (broad SMARTS) is 1. The molecule has 1 aromatic carbocycles. The first-order valence-corrected chi connectivity index (χ1v) is 4.18. The normalized spacial score (nSPS) is 10.0. The molecule has 6 heteroatoms. The summed E-state index contributed by atoms with van der Waals surface area (Å²) >= 11 is 0. The maximum absolute atomic E-state index is 13.1. The average Bonchev–Trinajstić information content (AvgIpc) is 2.15. The molecule has 80 valence electrons. The Labute approximate surface area is 84.3 Å². The molecule has 0 atom stereocenters. The lowest BCUT2D eigenvalue weighted by atomic mass is 10.0. The number of benzene rings is 1. The third kappa shape index (κ3) is 1.93. The third-order valence-electron chi connectivity index (χ3n) is 2.00. The lowest BCUT2D eigenvalue weighted by molar-refractivity contribution is -0.385. The Balaban J connectivity index is 3.54. The number of rotatable bonds is 3. The fourth-order valence-electron chi connectivity index (χ4n) is 1.37. The maximum Gasteiger partial charge on any atom is 0.339 e. The lowest BCUT2D eigenvalue weighted by Crippen LogP contribution is -2.08. The van der Waals surface area contributed by atoms with Crippen LogP contribution in [0.1, 0.15) is 22.8 Å². The van der Waals surface area contributed by atoms with Gasteiger partial charge in [-0.15, -0.1) is 0 Å². The fraction of sp³-hybridized carbons (Fsp3) is 0.222. The summed E-state index contributed by atoms with van der Waals surface area (Å²) in [7, 11) is 0. The monoisotopic (exact) mass is 213 g/mol. The molecule has 0 spiro atoms. The number of hydrogen-bond acceptors (Lipinski definition) is 3. The Morgan fingerprint density at radius 1 is 1.60 bits per heavy atom. The number of aromatic carboxylic acids is 1. The minimum absolute atomic E-state index is 0.0903. The molecule has 0 aliphatic heterocycles. The molecule has 1 rings (SSSR count). The molecule has 0 aliphatic carbocycles. The van der Waals surface area contributed by atoms with Crippen molar-refractivity contribution in [3.05, 3.63) is 39.2 Å². The molecule has 0 saturated carbocycles. The van der Waals surface area contributed by atoms with Gasteiger partial charge in [-0.2, -0.15) is 0 Å². The van der Waals surface area contributed by atoms with Gasteiger partial charge in [0.2, 0.25) is 0 Å². The van der Waals surface area contributed by atoms with Gasteiger partial charge >= 0.3 is 5.97 Å². The molecule has 5 nitrogen and oxygen atoms in total. The number of halogens is 1. The molecule has 0 unspecified atom stereocenters. The maximum atomic E-state index is 13.1. The second-order valence-corrected chi connectivity index (χ2v) is 2.84. The summed E-state index contributed by atoms with van der Waals surface area (Å²) in [6, 6.07) is 1.77. The van der Waals surface area contributed by atoms with Crippen molar-refractivity contribution in [1.82, 2.24) is 0 Å². The molecular weight excluding hydrogens is 205 g/mol. The van der Waals surface area contributed by atoms with E-state index in [4.69, 9.17) is 5.11 Å². The number of nitro benzene ring substituents is 1. The molecule has 0 amide bonds. The van der Waals surface area contributed by atoms with Gasteiger partial charge in [0.1, 0.15) is 11.4 Å². The molecule has 0 fully saturated rings. The van der Waals surface area contributed by atoms with Crippen molar-refractivity contribution < 1.29 is 19.2 Å². The van der Waals surface area contributed by atoms with E-state index in [1.807, 2.05) is 0 Å². The first-order chi connectivity index (χ1) is 6.99. The number of nitrogens with zero attached hydrogens (tertiary/aromatic N) is 1. The molecule has 15 heavy (non-hydrogen) atoms. The molecule has 1 N–H and O–H groups in total. The van der Waals surface area contributed by atoms with Gasteiger partial charge in [0, 0.05) is 11.6 Å². The zero-order chi connectivity index (χ0) is 11.6. The number of carboxylic acids is 1. The van der Waals surface area contributed by atoms with Crippen LogP contribution in [0.25, 0.3) is 0 Å². The van der Waals surface area contributed by atoms with Gasteiger partial charge in [-0.25, -0.2) is 9.18 Å². The van der Waals surface area contributed by atoms with E-state index in [0.29, 0.717) is 0 Å². The van der Waals surface area contributed by atoms with Crippen LogP contribution in [-0.4, -0.2) is 16.0 Å². The summed E-state index contributed by atoms with van der Waals surface area (Å²) < 4.78 is 13.1. The molecule has 0 radical (unpaired) electrons. The van der Waals surface area contributed by atoms with Gasteiger partial charge in [0.15, 0.2) is 0 Å². The first-order valence-electron chi connectivity index (χ1n) is 4.18. The minimum atomic E-state index is -1.49. The summed E-state index contributed by atoms with van der Waals surface area (Å²) in [6.07, 6.45) is 0.0930. The van der Waals surface area contributed by atoms with Crippen molar-refractivity contribution in [2.24, 2.45) is 0 Å². The third-order valence-corrected chi connectivity index (χ3v) is 2.00. The van der Waals surface area contributed by atoms with E-state index >= 15 is 0 Å². The van der Waals surface area contributed by atoms with Crippen molar-refractivity contribution in [1.29, 1.82) is 0 Å². The van der Waals surface area contributed by atoms with E-state index in [1.165, 1.54) is 6.92 Å². The van der Waals surface area contributed by atoms with Crippen molar-refractivity contribution in [2.45, 2.75) is 13.3 Å². The Hall–Kier alpha value is -1.98. The van der Waals surface area contributed by atoms with E-state index in [0.717, 1.165) is 12.1 Å². The van der Waals surface area contributed by atoms with Crippen LogP contribution >= 0.6 is 0 Å². The lowest BCUT2D eigenvalue weighted by Gasteiger charge is -2.05. The number of carbonyl (C=O) groups is 1. The number of hydrogen-bond donors (Lipinski definition) is 1. The summed E-state index contributed by atoms with van der Waals surface area (Å²) in [6.45, 7) is 1.54. The zero-order valence-corrected chi connectivity index (χ0v) is 7.86. The van der Waals surface area contributed by atoms with Crippen molar-refractivity contribution in [2.75, 3.05) is 0 Å². The Morgan fingerprint density at radius 2 is 2.20 bits per heavy atom. The van der Waals surface area contributed by atoms with E-state index < -0.39 is 22.3 Å². The SMILES string of the molecule is CCc1c([N+](=O)[O-])ccc(F)c1C(=O)O. The zero-order valence-electron chi connectivity index (χ0n) is 7.86. The summed E-state index contributed by atoms with van der Waals surface area (Å²) in [5.41, 5.74) is -1.07. The van der Waals surface area contributed by atoms with E-state index in [2.05, 4.69) is 0 Å². The highest BCUT2D eigenvalue weighted by molar-refractivity contribution is 5.91. The van der Waals surface area contributed by atoms with Gasteiger partial charge in [0.05, 0.1) is 4.92 Å². The van der Waals surface area contributed by atoms with Gasteiger partial charge in [-0.1, -0.05) is 6.92 Å². The van der Waals surface area contributed by atoms with Gasteiger partial charge in [0.25, 0.3) is 5.69 Å². The molecule has 0 bridgehead atoms. The topological polar surface area (TPSA) is 80.4 Å². The largest absolute Gasteiger partial charge is 0.478 e. The van der Waals surface area contributed by atoms with Crippen LogP contribution in [-0.2, 0) is 6.42 Å². The summed E-state index contributed by atoms with van der Waals surface area (Å²) in [4.78, 5) is 20.6. The van der Waals surface area contributed by atoms with E-state index in [9.17, 15) is 19.3 Å². The standard InChI is InChI=1S/C9H8FNO4/c1-2-5-7(11(14)15)4-3-6(10)8(5)9(12)13/h3-4H,2H2,1H3,(H,12,13). The second kappa shape index (κ2) is 4.04. The Kier molecular flexibility index (Phi) is 2.99. The fourth-order valence-corrected chi connectivity index (χ4v) is 1.37. The molecule has 0 aromatic heterocycles. The van der Waals surface area contributed by atoms with Crippen LogP contribution in [0.3, 0.4) is 0 Å². The minimum Gasteiger partial charge on any atom is -0.478 e. The smallest absolute Gasteiger partial charge is 0.339 e. The predicted octanol–water partition coefficient (Wildman–Crippen LogP) is 1.99. The van der Waals surface area contributed by atoms with Crippen molar-refractivity contribution >= 4 is 11.7 Å². The average molecular weight is 213 g/mol. The van der Waals surface area contributed by atoms with Gasteiger partial charge < -0.3 is 5.11 Å². The van der Waals surface area contributed by atoms with E-state index in [1.54, 1.807) is 0 Å². The molecule has 0 heterocycles. The number of nitro groups is 1. The summed E-state index contributed by atoms with van der Waals surface area (Å²) in [5.74, 6) is -2.45. The Bertz CT molecular complexity index is 430. The Morgan fingerprint density at radius 3 is 2.60 bits per heavy atom. The van der Waals surface area contributed by atoms with Gasteiger partial charge in [-0.3, -0.25) is 10.1 Å². The van der Waals surface area contributed by atoms with Crippen LogP contribution < -0.4 is 0 Å². The first kappa shape index (κ1) is 11.1. The van der Waals surface area contributed by atoms with E-state index in [-0.39, 0.29) is 17.7 Å². The second-order valence-electron chi connectivity index (χ2n) is 2.84. The van der Waals surface area contributed by atoms with Crippen LogP contribution in [0.2, 0.25) is 0 Å². The quantitative estimate of drug-likeness (QED) is 0.615. The van der Waals surface area contributed by atoms with Crippen LogP contribution in [0.4, 0.5) is 10.1 Å². The van der Waals surface area contributed by atoms with Crippen molar-refractivity contribution in [3.63, 3.8) is 0 Å². The highest BCUT2D eigenvalue weighted by atomic mass is 19.1. The molecule has 0 aliphatic rings. The van der Waals surface area contributed by atoms with Crippen LogP contribution in [0, 0.1) is 15.9 Å². The van der Waals surface area contributed by atoms with Crippen LogP contribution in [0.15, 0.2) is 12.1 Å². The summed E-state index contributed by atoms with van der Waals surface area (Å²) in [5, 5.41) is 19.3. The van der Waals surface area contributed by atoms with Crippen LogP contribution in [0.5, 0.6) is 0 Å². The highest BCUT2D eigenvalue weighted by Gasteiger charge is 2.23.